The van der Waals surface area contributed by atoms with Gasteiger partial charge in [-0.1, -0.05) is 29.3 Å². The molecule has 16 heavy (non-hydrogen) atoms. The van der Waals surface area contributed by atoms with E-state index in [4.69, 9.17) is 33.4 Å². The fourth-order valence-electron chi connectivity index (χ4n) is 1.14. The van der Waals surface area contributed by atoms with Crippen LogP contribution in [0.25, 0.3) is 0 Å². The highest BCUT2D eigenvalue weighted by atomic mass is 35.5. The Kier molecular flexibility index (Phi) is 5.72. The van der Waals surface area contributed by atoms with E-state index in [2.05, 4.69) is 0 Å². The molecule has 90 valence electrons. The molecule has 0 bridgehead atoms. The standard InChI is InChI=1S/C10H12Cl2O3S/c11-9-2-1-7(3-10(9)12)5-16(15)6-8(14)4-13/h1-3,8,13-14H,4-6H2. The van der Waals surface area contributed by atoms with Crippen molar-refractivity contribution in [3.8, 4) is 0 Å². The van der Waals surface area contributed by atoms with Crippen LogP contribution in [0, 0.1) is 0 Å². The minimum atomic E-state index is -1.23. The molecule has 0 saturated carbocycles. The third-order valence-corrected chi connectivity index (χ3v) is 4.05. The van der Waals surface area contributed by atoms with Crippen molar-refractivity contribution in [2.24, 2.45) is 0 Å². The van der Waals surface area contributed by atoms with Gasteiger partial charge in [0.05, 0.1) is 28.5 Å². The van der Waals surface area contributed by atoms with E-state index in [-0.39, 0.29) is 18.1 Å². The van der Waals surface area contributed by atoms with E-state index in [0.29, 0.717) is 10.0 Å². The van der Waals surface area contributed by atoms with E-state index < -0.39 is 16.9 Å². The van der Waals surface area contributed by atoms with Crippen molar-refractivity contribution >= 4 is 34.0 Å². The lowest BCUT2D eigenvalue weighted by molar-refractivity contribution is 0.113. The number of aliphatic hydroxyl groups is 2. The Bertz CT molecular complexity index is 384. The highest BCUT2D eigenvalue weighted by molar-refractivity contribution is 7.84. The van der Waals surface area contributed by atoms with Crippen LogP contribution in [-0.2, 0) is 16.6 Å². The maximum atomic E-state index is 11.5. The Morgan fingerprint density at radius 1 is 1.31 bits per heavy atom. The maximum Gasteiger partial charge on any atom is 0.0885 e. The van der Waals surface area contributed by atoms with Crippen LogP contribution in [0.3, 0.4) is 0 Å². The van der Waals surface area contributed by atoms with Crippen molar-refractivity contribution < 1.29 is 14.4 Å². The van der Waals surface area contributed by atoms with Gasteiger partial charge in [-0.3, -0.25) is 4.21 Å². The van der Waals surface area contributed by atoms with Crippen molar-refractivity contribution in [3.05, 3.63) is 33.8 Å². The number of hydrogen-bond donors (Lipinski definition) is 2. The summed E-state index contributed by atoms with van der Waals surface area (Å²) in [6.45, 7) is -0.382. The number of hydrogen-bond acceptors (Lipinski definition) is 3. The zero-order valence-corrected chi connectivity index (χ0v) is 10.7. The Hall–Kier alpha value is -0.130. The molecule has 3 nitrogen and oxygen atoms in total. The molecule has 0 aromatic heterocycles. The van der Waals surface area contributed by atoms with E-state index in [9.17, 15) is 4.21 Å². The van der Waals surface area contributed by atoms with E-state index >= 15 is 0 Å². The SMILES string of the molecule is O=S(Cc1ccc(Cl)c(Cl)c1)CC(O)CO. The Morgan fingerprint density at radius 2 is 2.00 bits per heavy atom. The largest absolute Gasteiger partial charge is 0.394 e. The van der Waals surface area contributed by atoms with Gasteiger partial charge in [0.25, 0.3) is 0 Å². The first-order valence-electron chi connectivity index (χ1n) is 4.60. The monoisotopic (exact) mass is 282 g/mol. The third kappa shape index (κ3) is 4.39. The Labute approximate surface area is 106 Å². The minimum absolute atomic E-state index is 0.0523. The molecule has 1 rings (SSSR count). The van der Waals surface area contributed by atoms with Gasteiger partial charge in [-0.15, -0.1) is 0 Å². The average Bonchev–Trinajstić information content (AvgIpc) is 2.23. The number of benzene rings is 1. The van der Waals surface area contributed by atoms with Crippen molar-refractivity contribution in [1.29, 1.82) is 0 Å². The third-order valence-electron chi connectivity index (χ3n) is 1.90. The topological polar surface area (TPSA) is 57.5 Å². The van der Waals surface area contributed by atoms with Crippen LogP contribution in [0.2, 0.25) is 10.0 Å². The van der Waals surface area contributed by atoms with Crippen LogP contribution in [0.1, 0.15) is 5.56 Å². The summed E-state index contributed by atoms with van der Waals surface area (Å²) in [6.07, 6.45) is -0.941. The Balaban J connectivity index is 2.59. The Morgan fingerprint density at radius 3 is 2.56 bits per heavy atom. The molecule has 0 spiro atoms. The average molecular weight is 283 g/mol. The van der Waals surface area contributed by atoms with Gasteiger partial charge in [0, 0.05) is 16.6 Å². The summed E-state index contributed by atoms with van der Waals surface area (Å²) >= 11 is 11.6. The summed E-state index contributed by atoms with van der Waals surface area (Å²) in [4.78, 5) is 0. The van der Waals surface area contributed by atoms with Crippen LogP contribution in [0.15, 0.2) is 18.2 Å². The molecule has 0 aliphatic heterocycles. The van der Waals surface area contributed by atoms with Crippen molar-refractivity contribution in [2.75, 3.05) is 12.4 Å². The smallest absolute Gasteiger partial charge is 0.0885 e. The lowest BCUT2D eigenvalue weighted by Gasteiger charge is -2.07. The van der Waals surface area contributed by atoms with E-state index in [1.807, 2.05) is 0 Å². The van der Waals surface area contributed by atoms with Crippen molar-refractivity contribution in [2.45, 2.75) is 11.9 Å². The van der Waals surface area contributed by atoms with E-state index in [0.717, 1.165) is 5.56 Å². The minimum Gasteiger partial charge on any atom is -0.394 e. The summed E-state index contributed by atoms with van der Waals surface area (Å²) < 4.78 is 11.5. The van der Waals surface area contributed by atoms with Gasteiger partial charge in [-0.2, -0.15) is 0 Å². The molecule has 0 saturated heterocycles. The van der Waals surface area contributed by atoms with Gasteiger partial charge >= 0.3 is 0 Å². The fourth-order valence-corrected chi connectivity index (χ4v) is 2.67. The zero-order valence-electron chi connectivity index (χ0n) is 8.40. The van der Waals surface area contributed by atoms with Crippen molar-refractivity contribution in [1.82, 2.24) is 0 Å². The lowest BCUT2D eigenvalue weighted by atomic mass is 10.2. The van der Waals surface area contributed by atoms with Gasteiger partial charge in [0.1, 0.15) is 0 Å². The number of aliphatic hydroxyl groups excluding tert-OH is 2. The molecule has 1 aromatic rings. The molecule has 2 unspecified atom stereocenters. The van der Waals surface area contributed by atoms with Crippen LogP contribution in [0.5, 0.6) is 0 Å². The van der Waals surface area contributed by atoms with Gasteiger partial charge < -0.3 is 10.2 Å². The molecular formula is C10H12Cl2O3S. The van der Waals surface area contributed by atoms with Crippen molar-refractivity contribution in [3.63, 3.8) is 0 Å². The fraction of sp³-hybridized carbons (Fsp3) is 0.400. The first-order chi connectivity index (χ1) is 7.52. The normalized spacial score (nSPS) is 14.8. The van der Waals surface area contributed by atoms with Gasteiger partial charge in [-0.05, 0) is 17.7 Å². The summed E-state index contributed by atoms with van der Waals surface area (Å²) in [7, 11) is -1.23. The molecule has 0 amide bonds. The molecular weight excluding hydrogens is 271 g/mol. The second-order valence-corrected chi connectivity index (χ2v) is 5.65. The van der Waals surface area contributed by atoms with E-state index in [1.54, 1.807) is 18.2 Å². The highest BCUT2D eigenvalue weighted by Gasteiger charge is 2.09. The second kappa shape index (κ2) is 6.57. The van der Waals surface area contributed by atoms with Gasteiger partial charge in [-0.25, -0.2) is 0 Å². The molecule has 1 aromatic carbocycles. The molecule has 0 heterocycles. The highest BCUT2D eigenvalue weighted by Crippen LogP contribution is 2.23. The molecule has 2 atom stereocenters. The predicted octanol–water partition coefficient (Wildman–Crippen LogP) is 1.60. The molecule has 0 aliphatic carbocycles. The first kappa shape index (κ1) is 13.9. The zero-order chi connectivity index (χ0) is 12.1. The molecule has 0 radical (unpaired) electrons. The summed E-state index contributed by atoms with van der Waals surface area (Å²) in [5, 5.41) is 18.6. The second-order valence-electron chi connectivity index (χ2n) is 3.34. The van der Waals surface area contributed by atoms with Gasteiger partial charge in [0.15, 0.2) is 0 Å². The van der Waals surface area contributed by atoms with Gasteiger partial charge in [0.2, 0.25) is 0 Å². The summed E-state index contributed by atoms with van der Waals surface area (Å²) in [6, 6.07) is 5.02. The molecule has 2 N–H and O–H groups in total. The van der Waals surface area contributed by atoms with Crippen LogP contribution < -0.4 is 0 Å². The lowest BCUT2D eigenvalue weighted by Crippen LogP contribution is -2.21. The van der Waals surface area contributed by atoms with Crippen LogP contribution in [-0.4, -0.2) is 32.9 Å². The van der Waals surface area contributed by atoms with Crippen LogP contribution >= 0.6 is 23.2 Å². The number of rotatable bonds is 5. The quantitative estimate of drug-likeness (QED) is 0.863. The molecule has 0 fully saturated rings. The summed E-state index contributed by atoms with van der Waals surface area (Å²) in [5.41, 5.74) is 0.790. The maximum absolute atomic E-state index is 11.5. The van der Waals surface area contributed by atoms with E-state index in [1.165, 1.54) is 0 Å². The first-order valence-corrected chi connectivity index (χ1v) is 6.85. The predicted molar refractivity (Wildman–Crippen MR) is 66.3 cm³/mol. The summed E-state index contributed by atoms with van der Waals surface area (Å²) in [5.74, 6) is 0.338. The van der Waals surface area contributed by atoms with Crippen LogP contribution in [0.4, 0.5) is 0 Å². The molecule has 6 heteroatoms. The molecule has 0 aliphatic rings. The number of halogens is 2.